The van der Waals surface area contributed by atoms with Gasteiger partial charge in [-0.3, -0.25) is 9.78 Å². The minimum absolute atomic E-state index is 0.0294. The van der Waals surface area contributed by atoms with Crippen molar-refractivity contribution in [1.82, 2.24) is 9.88 Å². The molecule has 2 heterocycles. The molecule has 1 aromatic heterocycles. The van der Waals surface area contributed by atoms with Gasteiger partial charge in [0.1, 0.15) is 6.04 Å². The number of hydrogen-bond donors (Lipinski definition) is 1. The van der Waals surface area contributed by atoms with Crippen LogP contribution in [0.1, 0.15) is 24.6 Å². The molecule has 0 unspecified atom stereocenters. The van der Waals surface area contributed by atoms with E-state index in [9.17, 15) is 22.8 Å². The van der Waals surface area contributed by atoms with Gasteiger partial charge < -0.3 is 10.0 Å². The number of nitrogens with zero attached hydrogens (tertiary/aromatic N) is 2. The zero-order valence-electron chi connectivity index (χ0n) is 10.2. The number of aliphatic carboxylic acids is 1. The molecule has 0 aliphatic carbocycles. The van der Waals surface area contributed by atoms with Gasteiger partial charge in [-0.1, -0.05) is 6.07 Å². The highest BCUT2D eigenvalue weighted by Crippen LogP contribution is 2.38. The third-order valence-corrected chi connectivity index (χ3v) is 3.18. The molecule has 0 aromatic carbocycles. The lowest BCUT2D eigenvalue weighted by atomic mass is 10.1. The highest BCUT2D eigenvalue weighted by molar-refractivity contribution is 5.88. The Morgan fingerprint density at radius 2 is 2.00 bits per heavy atom. The topological polar surface area (TPSA) is 70.5 Å². The molecule has 2 rings (SSSR count). The van der Waals surface area contributed by atoms with Crippen LogP contribution in [0.15, 0.2) is 24.4 Å². The fraction of sp³-hybridized carbons (Fsp3) is 0.417. The number of amides is 1. The summed E-state index contributed by atoms with van der Waals surface area (Å²) in [5.41, 5.74) is 0.258. The smallest absolute Gasteiger partial charge is 0.471 e. The second kappa shape index (κ2) is 5.10. The third-order valence-electron chi connectivity index (χ3n) is 3.18. The van der Waals surface area contributed by atoms with E-state index in [0.29, 0.717) is 4.90 Å². The van der Waals surface area contributed by atoms with E-state index in [-0.39, 0.29) is 18.5 Å². The molecule has 8 heteroatoms. The molecule has 1 amide bonds. The standard InChI is InChI=1S/C12H11F3N2O3/c13-12(14,15)11(20)17-8(4-5-9(17)10(18)19)7-3-1-2-6-16-7/h1-3,6,8-9H,4-5H2,(H,18,19)/t8-,9+/m1/s1. The van der Waals surface area contributed by atoms with Gasteiger partial charge in [0, 0.05) is 6.20 Å². The summed E-state index contributed by atoms with van der Waals surface area (Å²) in [6.45, 7) is 0. The van der Waals surface area contributed by atoms with Gasteiger partial charge >= 0.3 is 18.1 Å². The number of halogens is 3. The quantitative estimate of drug-likeness (QED) is 0.900. The summed E-state index contributed by atoms with van der Waals surface area (Å²) >= 11 is 0. The van der Waals surface area contributed by atoms with Gasteiger partial charge in [-0.15, -0.1) is 0 Å². The van der Waals surface area contributed by atoms with E-state index >= 15 is 0 Å². The van der Waals surface area contributed by atoms with Crippen LogP contribution in [-0.2, 0) is 9.59 Å². The predicted octanol–water partition coefficient (Wildman–Crippen LogP) is 1.76. The van der Waals surface area contributed by atoms with Crippen LogP contribution in [0.25, 0.3) is 0 Å². The van der Waals surface area contributed by atoms with Crippen molar-refractivity contribution in [1.29, 1.82) is 0 Å². The summed E-state index contributed by atoms with van der Waals surface area (Å²) in [5, 5.41) is 8.98. The van der Waals surface area contributed by atoms with Gasteiger partial charge in [-0.25, -0.2) is 4.79 Å². The highest BCUT2D eigenvalue weighted by Gasteiger charge is 2.51. The molecule has 1 aromatic rings. The Labute approximate surface area is 112 Å². The van der Waals surface area contributed by atoms with Gasteiger partial charge in [0.15, 0.2) is 0 Å². The van der Waals surface area contributed by atoms with Crippen molar-refractivity contribution >= 4 is 11.9 Å². The van der Waals surface area contributed by atoms with Crippen LogP contribution in [0.5, 0.6) is 0 Å². The second-order valence-corrected chi connectivity index (χ2v) is 4.41. The summed E-state index contributed by atoms with van der Waals surface area (Å²) < 4.78 is 37.9. The SMILES string of the molecule is O=C(O)[C@@H]1CC[C@H](c2ccccn2)N1C(=O)C(F)(F)F. The first kappa shape index (κ1) is 14.3. The molecule has 5 nitrogen and oxygen atoms in total. The van der Waals surface area contributed by atoms with Gasteiger partial charge in [0.25, 0.3) is 0 Å². The average Bonchev–Trinajstić information content (AvgIpc) is 2.82. The van der Waals surface area contributed by atoms with Crippen LogP contribution in [0, 0.1) is 0 Å². The number of carbonyl (C=O) groups is 2. The Bertz CT molecular complexity index is 518. The van der Waals surface area contributed by atoms with E-state index in [0.717, 1.165) is 0 Å². The first-order valence-electron chi connectivity index (χ1n) is 5.85. The fourth-order valence-corrected chi connectivity index (χ4v) is 2.35. The Kier molecular flexibility index (Phi) is 3.65. The number of carboxylic acids is 1. The lowest BCUT2D eigenvalue weighted by molar-refractivity contribution is -0.190. The molecule has 1 aliphatic rings. The molecular weight excluding hydrogens is 277 g/mol. The molecule has 1 fully saturated rings. The molecule has 108 valence electrons. The molecule has 20 heavy (non-hydrogen) atoms. The number of alkyl halides is 3. The first-order valence-corrected chi connectivity index (χ1v) is 5.85. The van der Waals surface area contributed by atoms with Crippen LogP contribution in [0.2, 0.25) is 0 Å². The van der Waals surface area contributed by atoms with Crippen molar-refractivity contribution in [2.24, 2.45) is 0 Å². The number of likely N-dealkylation sites (tertiary alicyclic amines) is 1. The maximum Gasteiger partial charge on any atom is 0.471 e. The first-order chi connectivity index (χ1) is 9.32. The Morgan fingerprint density at radius 3 is 2.50 bits per heavy atom. The van der Waals surface area contributed by atoms with Crippen LogP contribution in [0.4, 0.5) is 13.2 Å². The predicted molar refractivity (Wildman–Crippen MR) is 60.5 cm³/mol. The van der Waals surface area contributed by atoms with E-state index in [4.69, 9.17) is 5.11 Å². The Balaban J connectivity index is 2.38. The van der Waals surface area contributed by atoms with E-state index in [1.807, 2.05) is 0 Å². The number of carboxylic acid groups (broad SMARTS) is 1. The zero-order chi connectivity index (χ0) is 14.9. The molecule has 2 atom stereocenters. The largest absolute Gasteiger partial charge is 0.480 e. The molecule has 0 bridgehead atoms. The Hall–Kier alpha value is -2.12. The summed E-state index contributed by atoms with van der Waals surface area (Å²) in [7, 11) is 0. The maximum atomic E-state index is 12.6. The van der Waals surface area contributed by atoms with Crippen molar-refractivity contribution in [3.05, 3.63) is 30.1 Å². The fourth-order valence-electron chi connectivity index (χ4n) is 2.35. The summed E-state index contributed by atoms with van der Waals surface area (Å²) in [6, 6.07) is 2.20. The molecule has 0 saturated carbocycles. The summed E-state index contributed by atoms with van der Waals surface area (Å²) in [5.74, 6) is -3.58. The summed E-state index contributed by atoms with van der Waals surface area (Å²) in [6.07, 6.45) is -3.61. The number of aromatic nitrogens is 1. The molecular formula is C12H11F3N2O3. The van der Waals surface area contributed by atoms with E-state index in [1.165, 1.54) is 12.3 Å². The van der Waals surface area contributed by atoms with E-state index < -0.39 is 30.1 Å². The number of carbonyl (C=O) groups excluding carboxylic acids is 1. The van der Waals surface area contributed by atoms with Crippen molar-refractivity contribution in [2.45, 2.75) is 31.1 Å². The van der Waals surface area contributed by atoms with Crippen molar-refractivity contribution in [3.63, 3.8) is 0 Å². The average molecular weight is 288 g/mol. The van der Waals surface area contributed by atoms with E-state index in [2.05, 4.69) is 4.98 Å². The van der Waals surface area contributed by atoms with Gasteiger partial charge in [0.2, 0.25) is 0 Å². The Morgan fingerprint density at radius 1 is 1.30 bits per heavy atom. The molecule has 0 radical (unpaired) electrons. The highest BCUT2D eigenvalue weighted by atomic mass is 19.4. The number of hydrogen-bond acceptors (Lipinski definition) is 3. The number of pyridine rings is 1. The van der Waals surface area contributed by atoms with Crippen LogP contribution in [-0.4, -0.2) is 39.1 Å². The van der Waals surface area contributed by atoms with Crippen LogP contribution < -0.4 is 0 Å². The zero-order valence-corrected chi connectivity index (χ0v) is 10.2. The minimum Gasteiger partial charge on any atom is -0.480 e. The lowest BCUT2D eigenvalue weighted by Gasteiger charge is -2.28. The molecule has 0 spiro atoms. The molecule has 1 saturated heterocycles. The summed E-state index contributed by atoms with van der Waals surface area (Å²) in [4.78, 5) is 26.8. The minimum atomic E-state index is -5.11. The molecule has 1 N–H and O–H groups in total. The van der Waals surface area contributed by atoms with Crippen molar-refractivity contribution in [3.8, 4) is 0 Å². The molecule has 1 aliphatic heterocycles. The van der Waals surface area contributed by atoms with E-state index in [1.54, 1.807) is 12.1 Å². The van der Waals surface area contributed by atoms with Crippen LogP contribution >= 0.6 is 0 Å². The lowest BCUT2D eigenvalue weighted by Crippen LogP contribution is -2.48. The maximum absolute atomic E-state index is 12.6. The third kappa shape index (κ3) is 2.59. The number of rotatable bonds is 2. The van der Waals surface area contributed by atoms with Crippen molar-refractivity contribution in [2.75, 3.05) is 0 Å². The van der Waals surface area contributed by atoms with Crippen LogP contribution in [0.3, 0.4) is 0 Å². The van der Waals surface area contributed by atoms with Gasteiger partial charge in [0.05, 0.1) is 11.7 Å². The van der Waals surface area contributed by atoms with Crippen molar-refractivity contribution < 1.29 is 27.9 Å². The van der Waals surface area contributed by atoms with Gasteiger partial charge in [-0.05, 0) is 25.0 Å². The second-order valence-electron chi connectivity index (χ2n) is 4.41. The van der Waals surface area contributed by atoms with Gasteiger partial charge in [-0.2, -0.15) is 13.2 Å². The monoisotopic (exact) mass is 288 g/mol. The normalized spacial score (nSPS) is 22.9.